The molecule has 5 heteroatoms. The zero-order valence-corrected chi connectivity index (χ0v) is 10.0. The van der Waals surface area contributed by atoms with Crippen molar-refractivity contribution in [2.45, 2.75) is 32.4 Å². The lowest BCUT2D eigenvalue weighted by molar-refractivity contribution is -0.125. The first-order chi connectivity index (χ1) is 6.40. The van der Waals surface area contributed by atoms with E-state index in [9.17, 15) is 4.79 Å². The van der Waals surface area contributed by atoms with Crippen molar-refractivity contribution in [2.24, 2.45) is 5.73 Å². The number of amides is 1. The van der Waals surface area contributed by atoms with Crippen LogP contribution in [0.2, 0.25) is 0 Å². The van der Waals surface area contributed by atoms with E-state index in [2.05, 4.69) is 5.32 Å². The number of likely N-dealkylation sites (N-methyl/N-ethyl adjacent to an activating group) is 2. The minimum Gasteiger partial charge on any atom is -0.393 e. The molecule has 0 heterocycles. The molecule has 2 atom stereocenters. The maximum atomic E-state index is 11.3. The van der Waals surface area contributed by atoms with Gasteiger partial charge in [-0.05, 0) is 20.9 Å². The second-order valence-corrected chi connectivity index (χ2v) is 4.00. The van der Waals surface area contributed by atoms with Crippen molar-refractivity contribution in [3.05, 3.63) is 0 Å². The van der Waals surface area contributed by atoms with Gasteiger partial charge in [-0.2, -0.15) is 0 Å². The van der Waals surface area contributed by atoms with E-state index in [1.165, 1.54) is 0 Å². The molecule has 14 heavy (non-hydrogen) atoms. The molecule has 0 saturated heterocycles. The lowest BCUT2D eigenvalue weighted by Gasteiger charge is -2.29. The number of carbonyl (C=O) groups is 1. The van der Waals surface area contributed by atoms with Crippen LogP contribution in [0.5, 0.6) is 0 Å². The van der Waals surface area contributed by atoms with E-state index >= 15 is 0 Å². The Labute approximate surface area is 90.8 Å². The fourth-order valence-electron chi connectivity index (χ4n) is 1.21. The molecule has 0 rings (SSSR count). The molecular formula is C9H19N3OS. The Bertz CT molecular complexity index is 220. The lowest BCUT2D eigenvalue weighted by atomic mass is 10.1. The molecule has 0 bridgehead atoms. The number of hydrogen-bond donors (Lipinski definition) is 2. The number of thiocarbonyl (C=S) groups is 1. The summed E-state index contributed by atoms with van der Waals surface area (Å²) in [5.41, 5.74) is 5.44. The Morgan fingerprint density at radius 3 is 2.43 bits per heavy atom. The van der Waals surface area contributed by atoms with Crippen LogP contribution in [0.3, 0.4) is 0 Å². The summed E-state index contributed by atoms with van der Waals surface area (Å²) < 4.78 is 0. The molecule has 0 aromatic carbocycles. The molecule has 0 fully saturated rings. The van der Waals surface area contributed by atoms with Crippen LogP contribution in [-0.2, 0) is 4.79 Å². The number of rotatable bonds is 5. The van der Waals surface area contributed by atoms with Gasteiger partial charge in [0.2, 0.25) is 5.91 Å². The topological polar surface area (TPSA) is 58.4 Å². The van der Waals surface area contributed by atoms with Crippen LogP contribution in [0.1, 0.15) is 20.3 Å². The third-order valence-electron chi connectivity index (χ3n) is 2.43. The van der Waals surface area contributed by atoms with E-state index in [4.69, 9.17) is 18.0 Å². The summed E-state index contributed by atoms with van der Waals surface area (Å²) in [5, 5.41) is 2.61. The fourth-order valence-corrected chi connectivity index (χ4v) is 1.45. The highest BCUT2D eigenvalue weighted by Gasteiger charge is 2.21. The average molecular weight is 217 g/mol. The molecule has 82 valence electrons. The van der Waals surface area contributed by atoms with Gasteiger partial charge < -0.3 is 11.1 Å². The molecule has 2 unspecified atom stereocenters. The Hall–Kier alpha value is -0.680. The first kappa shape index (κ1) is 13.3. The van der Waals surface area contributed by atoms with Gasteiger partial charge in [0.1, 0.15) is 0 Å². The number of nitrogens with two attached hydrogens (primary N) is 1. The third-order valence-corrected chi connectivity index (χ3v) is 2.60. The van der Waals surface area contributed by atoms with Gasteiger partial charge in [0, 0.05) is 19.5 Å². The minimum atomic E-state index is -0.163. The van der Waals surface area contributed by atoms with Crippen molar-refractivity contribution in [1.29, 1.82) is 0 Å². The Kier molecular flexibility index (Phi) is 5.64. The van der Waals surface area contributed by atoms with Gasteiger partial charge in [-0.3, -0.25) is 9.69 Å². The first-order valence-corrected chi connectivity index (χ1v) is 5.02. The summed E-state index contributed by atoms with van der Waals surface area (Å²) in [6, 6.07) is 0.0177. The van der Waals surface area contributed by atoms with Crippen molar-refractivity contribution >= 4 is 23.1 Å². The van der Waals surface area contributed by atoms with Gasteiger partial charge in [0.25, 0.3) is 0 Å². The maximum absolute atomic E-state index is 11.3. The van der Waals surface area contributed by atoms with Gasteiger partial charge in [-0.15, -0.1) is 0 Å². The van der Waals surface area contributed by atoms with Gasteiger partial charge in [0.05, 0.1) is 11.0 Å². The van der Waals surface area contributed by atoms with Gasteiger partial charge in [-0.25, -0.2) is 0 Å². The van der Waals surface area contributed by atoms with E-state index in [-0.39, 0.29) is 18.0 Å². The molecule has 0 spiro atoms. The lowest BCUT2D eigenvalue weighted by Crippen LogP contribution is -2.46. The molecular weight excluding hydrogens is 198 g/mol. The molecule has 1 amide bonds. The van der Waals surface area contributed by atoms with Gasteiger partial charge in [0.15, 0.2) is 0 Å². The van der Waals surface area contributed by atoms with Crippen molar-refractivity contribution in [3.8, 4) is 0 Å². The van der Waals surface area contributed by atoms with Crippen molar-refractivity contribution in [1.82, 2.24) is 10.2 Å². The molecule has 0 aliphatic rings. The van der Waals surface area contributed by atoms with Crippen molar-refractivity contribution in [2.75, 3.05) is 14.1 Å². The molecule has 0 radical (unpaired) electrons. The Morgan fingerprint density at radius 2 is 2.07 bits per heavy atom. The molecule has 0 aliphatic heterocycles. The summed E-state index contributed by atoms with van der Waals surface area (Å²) in [4.78, 5) is 13.8. The average Bonchev–Trinajstić information content (AvgIpc) is 2.13. The molecule has 4 nitrogen and oxygen atoms in total. The summed E-state index contributed by atoms with van der Waals surface area (Å²) in [5.74, 6) is 0.00212. The largest absolute Gasteiger partial charge is 0.393 e. The van der Waals surface area contributed by atoms with Crippen LogP contribution in [0.15, 0.2) is 0 Å². The van der Waals surface area contributed by atoms with Crippen molar-refractivity contribution < 1.29 is 4.79 Å². The smallest absolute Gasteiger partial charge is 0.236 e. The van der Waals surface area contributed by atoms with Crippen molar-refractivity contribution in [3.63, 3.8) is 0 Å². The minimum absolute atomic E-state index is 0.00212. The predicted octanol–water partition coefficient (Wildman–Crippen LogP) is 0.117. The standard InChI is InChI=1S/C9H19N3OS/c1-6(5-8(10)14)12(4)7(2)9(13)11-3/h6-7H,5H2,1-4H3,(H2,10,14)(H,11,13). The number of hydrogen-bond acceptors (Lipinski definition) is 3. The van der Waals surface area contributed by atoms with Crippen LogP contribution in [0, 0.1) is 0 Å². The van der Waals surface area contributed by atoms with E-state index in [0.717, 1.165) is 0 Å². The Morgan fingerprint density at radius 1 is 1.57 bits per heavy atom. The highest BCUT2D eigenvalue weighted by atomic mass is 32.1. The quantitative estimate of drug-likeness (QED) is 0.642. The summed E-state index contributed by atoms with van der Waals surface area (Å²) in [7, 11) is 3.52. The molecule has 0 aromatic rings. The maximum Gasteiger partial charge on any atom is 0.236 e. The third kappa shape index (κ3) is 4.02. The number of nitrogens with one attached hydrogen (secondary N) is 1. The summed E-state index contributed by atoms with van der Waals surface area (Å²) in [6.45, 7) is 3.85. The van der Waals surface area contributed by atoms with E-state index < -0.39 is 0 Å². The first-order valence-electron chi connectivity index (χ1n) is 4.62. The molecule has 0 aliphatic carbocycles. The molecule has 0 aromatic heterocycles. The number of carbonyl (C=O) groups excluding carboxylic acids is 1. The zero-order chi connectivity index (χ0) is 11.3. The number of nitrogens with zero attached hydrogens (tertiary/aromatic N) is 1. The van der Waals surface area contributed by atoms with E-state index in [1.807, 2.05) is 25.8 Å². The summed E-state index contributed by atoms with van der Waals surface area (Å²) in [6.07, 6.45) is 0.632. The highest BCUT2D eigenvalue weighted by Crippen LogP contribution is 2.06. The normalized spacial score (nSPS) is 14.9. The monoisotopic (exact) mass is 217 g/mol. The van der Waals surface area contributed by atoms with Crippen LogP contribution in [-0.4, -0.2) is 42.0 Å². The molecule has 0 saturated carbocycles. The van der Waals surface area contributed by atoms with Gasteiger partial charge in [-0.1, -0.05) is 12.2 Å². The van der Waals surface area contributed by atoms with E-state index in [0.29, 0.717) is 11.4 Å². The zero-order valence-electron chi connectivity index (χ0n) is 9.20. The SMILES string of the molecule is CNC(=O)C(C)N(C)C(C)CC(N)=S. The van der Waals surface area contributed by atoms with E-state index in [1.54, 1.807) is 7.05 Å². The second-order valence-electron chi connectivity index (χ2n) is 3.48. The van der Waals surface area contributed by atoms with Crippen LogP contribution in [0.4, 0.5) is 0 Å². The van der Waals surface area contributed by atoms with Crippen LogP contribution >= 0.6 is 12.2 Å². The van der Waals surface area contributed by atoms with Crippen LogP contribution in [0.25, 0.3) is 0 Å². The second kappa shape index (κ2) is 5.93. The van der Waals surface area contributed by atoms with Gasteiger partial charge >= 0.3 is 0 Å². The predicted molar refractivity (Wildman–Crippen MR) is 62.2 cm³/mol. The Balaban J connectivity index is 4.22. The summed E-state index contributed by atoms with van der Waals surface area (Å²) >= 11 is 4.82. The fraction of sp³-hybridized carbons (Fsp3) is 0.778. The van der Waals surface area contributed by atoms with Crippen LogP contribution < -0.4 is 11.1 Å². The highest BCUT2D eigenvalue weighted by molar-refractivity contribution is 7.80. The molecule has 3 N–H and O–H groups in total.